The van der Waals surface area contributed by atoms with Crippen molar-refractivity contribution in [3.05, 3.63) is 58.4 Å². The Morgan fingerprint density at radius 2 is 1.97 bits per heavy atom. The fourth-order valence-corrected chi connectivity index (χ4v) is 5.00. The summed E-state index contributed by atoms with van der Waals surface area (Å²) in [6.45, 7) is 5.32. The fourth-order valence-electron chi connectivity index (χ4n) is 4.56. The van der Waals surface area contributed by atoms with Crippen molar-refractivity contribution in [3.8, 4) is 5.75 Å². The summed E-state index contributed by atoms with van der Waals surface area (Å²) >= 11 is 5.61. The van der Waals surface area contributed by atoms with Gasteiger partial charge in [0.25, 0.3) is 0 Å². The SMILES string of the molecule is Cc1cc(OCCC2CCCCO2)cc(C)c1C(=S)Nc1cc(C2(C(=O)O)CC2)ccc1F. The van der Waals surface area contributed by atoms with Crippen LogP contribution in [0.5, 0.6) is 5.75 Å². The molecular weight excluding hydrogens is 441 g/mol. The van der Waals surface area contributed by atoms with Crippen molar-refractivity contribution in [2.24, 2.45) is 0 Å². The maximum absolute atomic E-state index is 14.5. The standard InChI is InChI=1S/C26H30FNO4S/c1-16-13-20(32-12-8-19-5-3-4-11-31-19)14-17(2)23(16)24(33)28-22-15-18(6-7-21(22)27)26(9-10-26)25(29)30/h6-7,13-15,19H,3-5,8-12H2,1-2H3,(H,28,33)(H,29,30). The Hall–Kier alpha value is -2.51. The summed E-state index contributed by atoms with van der Waals surface area (Å²) in [4.78, 5) is 12.0. The number of carbonyl (C=O) groups is 1. The highest BCUT2D eigenvalue weighted by molar-refractivity contribution is 7.81. The maximum Gasteiger partial charge on any atom is 0.314 e. The van der Waals surface area contributed by atoms with E-state index in [4.69, 9.17) is 21.7 Å². The van der Waals surface area contributed by atoms with Crippen molar-refractivity contribution in [1.82, 2.24) is 0 Å². The maximum atomic E-state index is 14.5. The lowest BCUT2D eigenvalue weighted by Gasteiger charge is -2.22. The van der Waals surface area contributed by atoms with E-state index in [0.717, 1.165) is 48.3 Å². The molecule has 1 unspecified atom stereocenters. The molecule has 0 aromatic heterocycles. The van der Waals surface area contributed by atoms with Crippen LogP contribution in [0.1, 0.15) is 60.8 Å². The third-order valence-electron chi connectivity index (χ3n) is 6.64. The van der Waals surface area contributed by atoms with Crippen molar-refractivity contribution in [3.63, 3.8) is 0 Å². The fraction of sp³-hybridized carbons (Fsp3) is 0.462. The van der Waals surface area contributed by atoms with Gasteiger partial charge in [-0.15, -0.1) is 0 Å². The zero-order valence-electron chi connectivity index (χ0n) is 19.1. The zero-order valence-corrected chi connectivity index (χ0v) is 19.9. The Labute approximate surface area is 199 Å². The molecule has 1 aliphatic heterocycles. The number of benzene rings is 2. The third-order valence-corrected chi connectivity index (χ3v) is 6.95. The number of nitrogens with one attached hydrogen (secondary N) is 1. The first-order valence-corrected chi connectivity index (χ1v) is 11.9. The number of halogens is 1. The van der Waals surface area contributed by atoms with Crippen molar-refractivity contribution < 1.29 is 23.8 Å². The molecule has 4 rings (SSSR count). The average Bonchev–Trinajstić information content (AvgIpc) is 3.58. The molecule has 176 valence electrons. The van der Waals surface area contributed by atoms with E-state index in [9.17, 15) is 14.3 Å². The lowest BCUT2D eigenvalue weighted by Crippen LogP contribution is -2.21. The number of carboxylic acids is 1. The van der Waals surface area contributed by atoms with E-state index >= 15 is 0 Å². The van der Waals surface area contributed by atoms with Crippen LogP contribution in [0, 0.1) is 19.7 Å². The summed E-state index contributed by atoms with van der Waals surface area (Å²) in [5.74, 6) is -0.569. The lowest BCUT2D eigenvalue weighted by atomic mass is 9.95. The topological polar surface area (TPSA) is 67.8 Å². The number of anilines is 1. The Balaban J connectivity index is 1.44. The van der Waals surface area contributed by atoms with Gasteiger partial charge in [-0.2, -0.15) is 0 Å². The van der Waals surface area contributed by atoms with Crippen LogP contribution in [0.2, 0.25) is 0 Å². The summed E-state index contributed by atoms with van der Waals surface area (Å²) in [6, 6.07) is 8.29. The molecule has 2 fully saturated rings. The number of thiocarbonyl (C=S) groups is 1. The van der Waals surface area contributed by atoms with Crippen LogP contribution in [0.15, 0.2) is 30.3 Å². The Bertz CT molecular complexity index is 1040. The smallest absolute Gasteiger partial charge is 0.314 e. The van der Waals surface area contributed by atoms with Gasteiger partial charge < -0.3 is 19.9 Å². The van der Waals surface area contributed by atoms with E-state index in [-0.39, 0.29) is 11.8 Å². The second-order valence-corrected chi connectivity index (χ2v) is 9.50. The number of aryl methyl sites for hydroxylation is 2. The van der Waals surface area contributed by atoms with E-state index in [1.807, 2.05) is 26.0 Å². The Kier molecular flexibility index (Phi) is 7.00. The Morgan fingerprint density at radius 3 is 2.58 bits per heavy atom. The van der Waals surface area contributed by atoms with Gasteiger partial charge in [0, 0.05) is 18.6 Å². The third kappa shape index (κ3) is 5.20. The first-order valence-electron chi connectivity index (χ1n) is 11.5. The highest BCUT2D eigenvalue weighted by Crippen LogP contribution is 2.49. The summed E-state index contributed by atoms with van der Waals surface area (Å²) in [6.07, 6.45) is 5.70. The number of aliphatic carboxylic acids is 1. The van der Waals surface area contributed by atoms with Crippen LogP contribution < -0.4 is 10.1 Å². The van der Waals surface area contributed by atoms with Gasteiger partial charge in [0.2, 0.25) is 0 Å². The second-order valence-electron chi connectivity index (χ2n) is 9.09. The average molecular weight is 472 g/mol. The molecular formula is C26H30FNO4S. The monoisotopic (exact) mass is 471 g/mol. The van der Waals surface area contributed by atoms with Crippen molar-refractivity contribution in [2.75, 3.05) is 18.5 Å². The quantitative estimate of drug-likeness (QED) is 0.483. The van der Waals surface area contributed by atoms with Crippen LogP contribution in [0.3, 0.4) is 0 Å². The summed E-state index contributed by atoms with van der Waals surface area (Å²) in [5, 5.41) is 12.6. The Morgan fingerprint density at radius 1 is 1.24 bits per heavy atom. The molecule has 1 saturated heterocycles. The van der Waals surface area contributed by atoms with Gasteiger partial charge in [-0.05, 0) is 86.9 Å². The summed E-state index contributed by atoms with van der Waals surface area (Å²) in [7, 11) is 0. The minimum atomic E-state index is -0.904. The van der Waals surface area contributed by atoms with Gasteiger partial charge in [0.1, 0.15) is 16.6 Å². The summed E-state index contributed by atoms with van der Waals surface area (Å²) in [5.41, 5.74) is 2.56. The minimum Gasteiger partial charge on any atom is -0.493 e. The number of hydrogen-bond acceptors (Lipinski definition) is 4. The molecule has 2 aromatic carbocycles. The summed E-state index contributed by atoms with van der Waals surface area (Å²) < 4.78 is 26.2. The highest BCUT2D eigenvalue weighted by Gasteiger charge is 2.51. The van der Waals surface area contributed by atoms with Gasteiger partial charge >= 0.3 is 5.97 Å². The molecule has 1 aliphatic carbocycles. The normalized spacial score (nSPS) is 19.1. The zero-order chi connectivity index (χ0) is 23.6. The molecule has 1 heterocycles. The number of carboxylic acid groups (broad SMARTS) is 1. The van der Waals surface area contributed by atoms with Gasteiger partial charge in [-0.1, -0.05) is 18.3 Å². The predicted octanol–water partition coefficient (Wildman–Crippen LogP) is 5.68. The van der Waals surface area contributed by atoms with Crippen LogP contribution >= 0.6 is 12.2 Å². The molecule has 2 aromatic rings. The molecule has 33 heavy (non-hydrogen) atoms. The minimum absolute atomic E-state index is 0.191. The molecule has 7 heteroatoms. The molecule has 5 nitrogen and oxygen atoms in total. The van der Waals surface area contributed by atoms with Crippen molar-refractivity contribution >= 4 is 28.9 Å². The first-order chi connectivity index (χ1) is 15.8. The van der Waals surface area contributed by atoms with Crippen LogP contribution in [0.25, 0.3) is 0 Å². The second kappa shape index (κ2) is 9.77. The van der Waals surface area contributed by atoms with E-state index in [1.165, 1.54) is 12.5 Å². The van der Waals surface area contributed by atoms with Crippen molar-refractivity contribution in [1.29, 1.82) is 0 Å². The number of rotatable bonds is 8. The molecule has 0 bridgehead atoms. The van der Waals surface area contributed by atoms with E-state index in [1.54, 1.807) is 12.1 Å². The van der Waals surface area contributed by atoms with Gasteiger partial charge in [-0.3, -0.25) is 4.79 Å². The van der Waals surface area contributed by atoms with E-state index in [2.05, 4.69) is 5.32 Å². The van der Waals surface area contributed by atoms with Gasteiger partial charge in [0.05, 0.1) is 23.8 Å². The highest BCUT2D eigenvalue weighted by atomic mass is 32.1. The molecule has 0 radical (unpaired) electrons. The van der Waals surface area contributed by atoms with Crippen LogP contribution in [0.4, 0.5) is 10.1 Å². The molecule has 0 amide bonds. The van der Waals surface area contributed by atoms with E-state index < -0.39 is 17.2 Å². The molecule has 1 saturated carbocycles. The number of hydrogen-bond donors (Lipinski definition) is 2. The predicted molar refractivity (Wildman–Crippen MR) is 130 cm³/mol. The van der Waals surface area contributed by atoms with Crippen molar-refractivity contribution in [2.45, 2.75) is 63.9 Å². The molecule has 2 N–H and O–H groups in total. The molecule has 0 spiro atoms. The van der Waals surface area contributed by atoms with Gasteiger partial charge in [0.15, 0.2) is 0 Å². The van der Waals surface area contributed by atoms with Crippen LogP contribution in [-0.2, 0) is 14.9 Å². The first kappa shape index (κ1) is 23.6. The lowest BCUT2D eigenvalue weighted by molar-refractivity contribution is -0.140. The van der Waals surface area contributed by atoms with Gasteiger partial charge in [-0.25, -0.2) is 4.39 Å². The number of ether oxygens (including phenoxy) is 2. The largest absolute Gasteiger partial charge is 0.493 e. The van der Waals surface area contributed by atoms with Crippen LogP contribution in [-0.4, -0.2) is 35.4 Å². The molecule has 2 aliphatic rings. The molecule has 1 atom stereocenters. The van der Waals surface area contributed by atoms with E-state index in [0.29, 0.717) is 30.0 Å².